The zero-order valence-corrected chi connectivity index (χ0v) is 13.6. The summed E-state index contributed by atoms with van der Waals surface area (Å²) >= 11 is 0. The molecule has 2 heterocycles. The molecule has 0 saturated carbocycles. The molecule has 4 rings (SSSR count). The van der Waals surface area contributed by atoms with Crippen molar-refractivity contribution in [3.05, 3.63) is 81.2 Å². The average Bonchev–Trinajstić information content (AvgIpc) is 2.87. The maximum atomic E-state index is 13.0. The molecule has 1 aliphatic rings. The number of benzene rings is 2. The van der Waals surface area contributed by atoms with Gasteiger partial charge in [0.25, 0.3) is 5.91 Å². The van der Waals surface area contributed by atoms with Crippen LogP contribution >= 0.6 is 0 Å². The Hall–Kier alpha value is -2.88. The zero-order valence-electron chi connectivity index (χ0n) is 13.6. The lowest BCUT2D eigenvalue weighted by Crippen LogP contribution is -2.25. The number of para-hydroxylation sites is 1. The molecule has 0 saturated heterocycles. The van der Waals surface area contributed by atoms with Gasteiger partial charge in [0.15, 0.2) is 5.43 Å². The van der Waals surface area contributed by atoms with Crippen LogP contribution in [0.15, 0.2) is 57.7 Å². The number of amides is 1. The Bertz CT molecular complexity index is 1000. The number of carbonyl (C=O) groups is 1. The minimum Gasteiger partial charge on any atom is -0.450 e. The highest BCUT2D eigenvalue weighted by atomic mass is 16.3. The van der Waals surface area contributed by atoms with Crippen molar-refractivity contribution in [1.29, 1.82) is 0 Å². The number of carbonyl (C=O) groups excluding carboxylic acids is 1. The summed E-state index contributed by atoms with van der Waals surface area (Å²) in [5.41, 5.74) is 2.89. The molecule has 1 aliphatic heterocycles. The van der Waals surface area contributed by atoms with Crippen LogP contribution in [-0.4, -0.2) is 17.9 Å². The first-order valence-electron chi connectivity index (χ1n) is 8.03. The van der Waals surface area contributed by atoms with Gasteiger partial charge in [-0.1, -0.05) is 43.3 Å². The minimum absolute atomic E-state index is 0.130. The van der Waals surface area contributed by atoms with Crippen molar-refractivity contribution >= 4 is 16.9 Å². The maximum Gasteiger partial charge on any atom is 0.290 e. The normalized spacial score (nSPS) is 16.7. The zero-order chi connectivity index (χ0) is 16.8. The first kappa shape index (κ1) is 14.7. The Labute approximate surface area is 139 Å². The van der Waals surface area contributed by atoms with Gasteiger partial charge < -0.3 is 9.32 Å². The van der Waals surface area contributed by atoms with Gasteiger partial charge in [-0.3, -0.25) is 9.59 Å². The van der Waals surface area contributed by atoms with E-state index in [0.717, 1.165) is 12.0 Å². The third-order valence-corrected chi connectivity index (χ3v) is 4.71. The highest BCUT2D eigenvalue weighted by Crippen LogP contribution is 2.36. The summed E-state index contributed by atoms with van der Waals surface area (Å²) in [6, 6.07) is 14.7. The quantitative estimate of drug-likeness (QED) is 0.726. The van der Waals surface area contributed by atoms with E-state index in [1.165, 1.54) is 5.56 Å². The lowest BCUT2D eigenvalue weighted by Gasteiger charge is -2.20. The van der Waals surface area contributed by atoms with Crippen molar-refractivity contribution in [3.63, 3.8) is 0 Å². The van der Waals surface area contributed by atoms with E-state index in [1.807, 2.05) is 24.3 Å². The second kappa shape index (κ2) is 5.34. The van der Waals surface area contributed by atoms with Gasteiger partial charge >= 0.3 is 0 Å². The summed E-state index contributed by atoms with van der Waals surface area (Å²) in [4.78, 5) is 27.2. The van der Waals surface area contributed by atoms with Crippen LogP contribution in [0.3, 0.4) is 0 Å². The fourth-order valence-electron chi connectivity index (χ4n) is 3.36. The number of fused-ring (bicyclic) bond motifs is 2. The topological polar surface area (TPSA) is 50.5 Å². The van der Waals surface area contributed by atoms with Crippen LogP contribution in [0, 0.1) is 0 Å². The van der Waals surface area contributed by atoms with Crippen LogP contribution in [0.25, 0.3) is 11.0 Å². The van der Waals surface area contributed by atoms with Gasteiger partial charge in [0.05, 0.1) is 17.0 Å². The van der Waals surface area contributed by atoms with Crippen molar-refractivity contribution in [3.8, 4) is 0 Å². The molecule has 0 aliphatic carbocycles. The van der Waals surface area contributed by atoms with Gasteiger partial charge in [0, 0.05) is 7.05 Å². The molecule has 1 amide bonds. The van der Waals surface area contributed by atoms with Crippen molar-refractivity contribution in [2.45, 2.75) is 19.4 Å². The molecule has 0 fully saturated rings. The largest absolute Gasteiger partial charge is 0.450 e. The van der Waals surface area contributed by atoms with E-state index < -0.39 is 6.04 Å². The van der Waals surface area contributed by atoms with Gasteiger partial charge in [0.1, 0.15) is 5.58 Å². The third-order valence-electron chi connectivity index (χ3n) is 4.71. The van der Waals surface area contributed by atoms with Gasteiger partial charge in [-0.2, -0.15) is 0 Å². The van der Waals surface area contributed by atoms with E-state index in [-0.39, 0.29) is 17.1 Å². The van der Waals surface area contributed by atoms with Crippen LogP contribution in [0.4, 0.5) is 0 Å². The number of hydrogen-bond acceptors (Lipinski definition) is 3. The van der Waals surface area contributed by atoms with Gasteiger partial charge in [-0.25, -0.2) is 0 Å². The Morgan fingerprint density at radius 2 is 1.75 bits per heavy atom. The Balaban J connectivity index is 1.97. The lowest BCUT2D eigenvalue weighted by atomic mass is 9.97. The lowest BCUT2D eigenvalue weighted by molar-refractivity contribution is 0.0771. The molecule has 1 aromatic heterocycles. The Morgan fingerprint density at radius 1 is 1.04 bits per heavy atom. The molecule has 0 radical (unpaired) electrons. The van der Waals surface area contributed by atoms with Crippen LogP contribution in [0.5, 0.6) is 0 Å². The van der Waals surface area contributed by atoms with Crippen molar-refractivity contribution < 1.29 is 9.21 Å². The third kappa shape index (κ3) is 1.99. The van der Waals surface area contributed by atoms with Crippen molar-refractivity contribution in [2.75, 3.05) is 7.05 Å². The first-order chi connectivity index (χ1) is 11.6. The Kier molecular flexibility index (Phi) is 3.27. The van der Waals surface area contributed by atoms with E-state index in [1.54, 1.807) is 36.2 Å². The second-order valence-corrected chi connectivity index (χ2v) is 6.08. The molecular weight excluding hydrogens is 302 g/mol. The number of aryl methyl sites for hydroxylation is 1. The summed E-state index contributed by atoms with van der Waals surface area (Å²) in [5, 5.41) is 0.509. The summed E-state index contributed by atoms with van der Waals surface area (Å²) < 4.78 is 5.77. The maximum absolute atomic E-state index is 13.0. The molecule has 3 aromatic rings. The number of nitrogens with zero attached hydrogens (tertiary/aromatic N) is 1. The van der Waals surface area contributed by atoms with Crippen LogP contribution in [0.1, 0.15) is 40.2 Å². The van der Waals surface area contributed by atoms with Crippen LogP contribution in [0.2, 0.25) is 0 Å². The molecular formula is C20H17NO3. The molecule has 2 aromatic carbocycles. The predicted octanol–water partition coefficient (Wildman–Crippen LogP) is 3.53. The van der Waals surface area contributed by atoms with E-state index in [4.69, 9.17) is 4.42 Å². The molecule has 0 N–H and O–H groups in total. The highest BCUT2D eigenvalue weighted by Gasteiger charge is 2.40. The van der Waals surface area contributed by atoms with Crippen molar-refractivity contribution in [2.24, 2.45) is 0 Å². The standard InChI is InChI=1S/C20H17NO3/c1-3-12-8-10-13(11-9-12)17-16-18(22)14-6-4-5-7-15(14)24-19(16)20(23)21(17)2/h4-11,17H,3H2,1-2H3/t17-/m1/s1. The van der Waals surface area contributed by atoms with E-state index in [2.05, 4.69) is 6.92 Å². The fraction of sp³-hybridized carbons (Fsp3) is 0.200. The van der Waals surface area contributed by atoms with Gasteiger partial charge in [-0.05, 0) is 29.7 Å². The molecule has 4 nitrogen and oxygen atoms in total. The molecule has 0 unspecified atom stereocenters. The average molecular weight is 319 g/mol. The Morgan fingerprint density at radius 3 is 2.46 bits per heavy atom. The molecule has 120 valence electrons. The molecule has 1 atom stereocenters. The molecule has 24 heavy (non-hydrogen) atoms. The van der Waals surface area contributed by atoms with E-state index >= 15 is 0 Å². The molecule has 0 spiro atoms. The van der Waals surface area contributed by atoms with Gasteiger partial charge in [-0.15, -0.1) is 0 Å². The van der Waals surface area contributed by atoms with Gasteiger partial charge in [0.2, 0.25) is 5.76 Å². The summed E-state index contributed by atoms with van der Waals surface area (Å²) in [6.07, 6.45) is 0.947. The first-order valence-corrected chi connectivity index (χ1v) is 8.03. The summed E-state index contributed by atoms with van der Waals surface area (Å²) in [6.45, 7) is 2.09. The number of hydrogen-bond donors (Lipinski definition) is 0. The monoisotopic (exact) mass is 319 g/mol. The number of rotatable bonds is 2. The van der Waals surface area contributed by atoms with Crippen molar-refractivity contribution in [1.82, 2.24) is 4.90 Å². The van der Waals surface area contributed by atoms with E-state index in [9.17, 15) is 9.59 Å². The van der Waals surface area contributed by atoms with Crippen LogP contribution < -0.4 is 5.43 Å². The highest BCUT2D eigenvalue weighted by molar-refractivity contribution is 5.98. The van der Waals surface area contributed by atoms with E-state index in [0.29, 0.717) is 16.5 Å². The second-order valence-electron chi connectivity index (χ2n) is 6.08. The molecule has 0 bridgehead atoms. The minimum atomic E-state index is -0.403. The SMILES string of the molecule is CCc1ccc([C@@H]2c3c(oc4ccccc4c3=O)C(=O)N2C)cc1. The van der Waals surface area contributed by atoms with Crippen LogP contribution in [-0.2, 0) is 6.42 Å². The predicted molar refractivity (Wildman–Crippen MR) is 92.2 cm³/mol. The smallest absolute Gasteiger partial charge is 0.290 e. The summed E-state index contributed by atoms with van der Waals surface area (Å²) in [5.74, 6) is -0.0943. The molecule has 4 heteroatoms. The fourth-order valence-corrected chi connectivity index (χ4v) is 3.36. The summed E-state index contributed by atoms with van der Waals surface area (Å²) in [7, 11) is 1.71.